The van der Waals surface area contributed by atoms with Crippen LogP contribution in [0.15, 0.2) is 151 Å². The topological polar surface area (TPSA) is 85.3 Å². The van der Waals surface area contributed by atoms with Crippen molar-refractivity contribution in [2.24, 2.45) is 5.10 Å². The van der Waals surface area contributed by atoms with Gasteiger partial charge >= 0.3 is 11.9 Å². The van der Waals surface area contributed by atoms with Gasteiger partial charge in [-0.25, -0.2) is 14.6 Å². The number of hydrogen-bond donors (Lipinski definition) is 0. The van der Waals surface area contributed by atoms with Crippen LogP contribution < -0.4 is 15.9 Å². The number of carbonyl (C=O) groups is 3. The number of ether oxygens (including phenoxy) is 2. The zero-order chi connectivity index (χ0) is 33.2. The second kappa shape index (κ2) is 15.4. The molecule has 1 amide bonds. The number of benzene rings is 5. The highest BCUT2D eigenvalue weighted by Crippen LogP contribution is 2.48. The van der Waals surface area contributed by atoms with Crippen LogP contribution in [0.3, 0.4) is 0 Å². The van der Waals surface area contributed by atoms with Gasteiger partial charge in [-0.05, 0) is 52.6 Å². The molecular weight excluding hydrogens is 631 g/mol. The average Bonchev–Trinajstić information content (AvgIpc) is 3.14. The van der Waals surface area contributed by atoms with Gasteiger partial charge in [0, 0.05) is 10.6 Å². The minimum atomic E-state index is -3.29. The molecule has 5 aromatic carbocycles. The van der Waals surface area contributed by atoms with Crippen LogP contribution in [0.2, 0.25) is 5.02 Å². The lowest BCUT2D eigenvalue weighted by Crippen LogP contribution is -2.53. The number of hydrazone groups is 1. The molecule has 0 aromatic heterocycles. The van der Waals surface area contributed by atoms with Crippen molar-refractivity contribution in [2.45, 2.75) is 6.04 Å². The van der Waals surface area contributed by atoms with Gasteiger partial charge in [0.2, 0.25) is 0 Å². The minimum absolute atomic E-state index is 0.0213. The first-order chi connectivity index (χ1) is 22.9. The molecule has 0 saturated heterocycles. The van der Waals surface area contributed by atoms with Gasteiger partial charge in [-0.15, -0.1) is 0 Å². The number of halogens is 1. The Morgan fingerprint density at radius 3 is 1.53 bits per heavy atom. The van der Waals surface area contributed by atoms with Crippen molar-refractivity contribution in [3.8, 4) is 0 Å². The third-order valence-electron chi connectivity index (χ3n) is 7.54. The minimum Gasteiger partial charge on any atom is -0.467 e. The van der Waals surface area contributed by atoms with E-state index in [1.54, 1.807) is 54.6 Å². The van der Waals surface area contributed by atoms with Crippen LogP contribution in [0.4, 0.5) is 0 Å². The van der Waals surface area contributed by atoms with Crippen LogP contribution >= 0.6 is 18.5 Å². The molecule has 0 aliphatic carbocycles. The third kappa shape index (κ3) is 6.97. The summed E-state index contributed by atoms with van der Waals surface area (Å²) in [4.78, 5) is 43.2. The Balaban J connectivity index is 1.97. The summed E-state index contributed by atoms with van der Waals surface area (Å²) in [5.41, 5.74) is 0.862. The average molecular weight is 663 g/mol. The van der Waals surface area contributed by atoms with E-state index in [0.717, 1.165) is 20.9 Å². The summed E-state index contributed by atoms with van der Waals surface area (Å²) in [6.45, 7) is -3.29. The summed E-state index contributed by atoms with van der Waals surface area (Å²) in [6.07, 6.45) is 1.44. The fourth-order valence-electron chi connectivity index (χ4n) is 5.42. The fourth-order valence-corrected chi connectivity index (χ4v) is 10.1. The van der Waals surface area contributed by atoms with Crippen LogP contribution in [-0.4, -0.2) is 54.6 Å². The maximum Gasteiger partial charge on any atom is 0.337 e. The zero-order valence-electron chi connectivity index (χ0n) is 25.8. The predicted octanol–water partition coefficient (Wildman–Crippen LogP) is 5.70. The molecule has 0 bridgehead atoms. The molecule has 0 spiro atoms. The molecule has 0 aliphatic heterocycles. The van der Waals surface area contributed by atoms with E-state index in [4.69, 9.17) is 21.1 Å². The second-order valence-corrected chi connectivity index (χ2v) is 14.1. The number of methoxy groups -OCH3 is 2. The first-order valence-electron chi connectivity index (χ1n) is 14.7. The molecule has 7 nitrogen and oxygen atoms in total. The van der Waals surface area contributed by atoms with Gasteiger partial charge in [-0.3, -0.25) is 4.79 Å². The first kappa shape index (κ1) is 33.1. The highest BCUT2D eigenvalue weighted by atomic mass is 35.5. The molecule has 1 atom stereocenters. The Kier molecular flexibility index (Phi) is 10.8. The maximum absolute atomic E-state index is 14.5. The summed E-state index contributed by atoms with van der Waals surface area (Å²) in [5.74, 6) is -2.27. The van der Waals surface area contributed by atoms with Crippen LogP contribution in [0, 0.1) is 0 Å². The van der Waals surface area contributed by atoms with Gasteiger partial charge in [0.25, 0.3) is 5.91 Å². The van der Waals surface area contributed by atoms with Crippen molar-refractivity contribution in [1.82, 2.24) is 5.01 Å². The number of nitrogens with zero attached hydrogens (tertiary/aromatic N) is 2. The molecule has 1 unspecified atom stereocenters. The summed E-state index contributed by atoms with van der Waals surface area (Å²) in [5, 5.41) is 8.46. The molecule has 0 radical (unpaired) electrons. The molecule has 9 heteroatoms. The standard InChI is InChI=1S/C38H32ClN2O5P/c1-45-37(43)34(41(36(42)29-15-7-3-8-16-29)40-27-28-23-25-30(39)26-24-28)35(38(44)46-2)47(31-17-9-4-10-18-31,32-19-11-5-12-20-32)33-21-13-6-14-22-33/h3-27,34H,1-2H3/b40-27+. The highest BCUT2D eigenvalue weighted by molar-refractivity contribution is 7.96. The van der Waals surface area contributed by atoms with Gasteiger partial charge in [0.15, 0.2) is 6.04 Å². The van der Waals surface area contributed by atoms with Crippen molar-refractivity contribution in [2.75, 3.05) is 14.2 Å². The van der Waals surface area contributed by atoms with Crippen LogP contribution in [-0.2, 0) is 19.1 Å². The lowest BCUT2D eigenvalue weighted by Gasteiger charge is -2.36. The summed E-state index contributed by atoms with van der Waals surface area (Å²) in [6, 6.07) is 42.1. The number of hydrogen-bond acceptors (Lipinski definition) is 6. The van der Waals surface area contributed by atoms with E-state index in [9.17, 15) is 14.4 Å². The van der Waals surface area contributed by atoms with E-state index in [2.05, 4.69) is 5.10 Å². The molecule has 0 aliphatic rings. The smallest absolute Gasteiger partial charge is 0.337 e. The van der Waals surface area contributed by atoms with Crippen LogP contribution in [0.5, 0.6) is 0 Å². The number of esters is 2. The summed E-state index contributed by atoms with van der Waals surface area (Å²) < 4.78 is 10.9. The molecular formula is C38H32ClN2O5P. The van der Waals surface area contributed by atoms with E-state index in [-0.39, 0.29) is 10.9 Å². The second-order valence-electron chi connectivity index (χ2n) is 10.3. The SMILES string of the molecule is COC(=O)C(C(C(=O)OC)N(/N=C/c1ccc(Cl)cc1)C(=O)c1ccccc1)=P(c1ccccc1)(c1ccccc1)c1ccccc1. The van der Waals surface area contributed by atoms with Crippen molar-refractivity contribution >= 4 is 63.8 Å². The van der Waals surface area contributed by atoms with Crippen molar-refractivity contribution in [3.63, 3.8) is 0 Å². The molecule has 0 fully saturated rings. The quantitative estimate of drug-likeness (QED) is 0.0830. The lowest BCUT2D eigenvalue weighted by molar-refractivity contribution is -0.145. The molecule has 5 rings (SSSR count). The molecule has 0 N–H and O–H groups in total. The van der Waals surface area contributed by atoms with E-state index < -0.39 is 30.8 Å². The van der Waals surface area contributed by atoms with Crippen molar-refractivity contribution in [3.05, 3.63) is 162 Å². The van der Waals surface area contributed by atoms with Gasteiger partial charge in [0.1, 0.15) is 0 Å². The van der Waals surface area contributed by atoms with Gasteiger partial charge in [-0.2, -0.15) is 5.10 Å². The Hall–Kier alpha value is -5.23. The van der Waals surface area contributed by atoms with Crippen LogP contribution in [0.25, 0.3) is 0 Å². The largest absolute Gasteiger partial charge is 0.467 e. The van der Waals surface area contributed by atoms with E-state index in [1.807, 2.05) is 91.0 Å². The molecule has 47 heavy (non-hydrogen) atoms. The Labute approximate surface area is 279 Å². The monoisotopic (exact) mass is 662 g/mol. The zero-order valence-corrected chi connectivity index (χ0v) is 27.4. The fraction of sp³-hybridized carbons (Fsp3) is 0.0789. The first-order valence-corrected chi connectivity index (χ1v) is 16.9. The molecule has 0 heterocycles. The van der Waals surface area contributed by atoms with Gasteiger partial charge < -0.3 is 9.47 Å². The Morgan fingerprint density at radius 2 is 1.11 bits per heavy atom. The normalized spacial score (nSPS) is 11.8. The Morgan fingerprint density at radius 1 is 0.660 bits per heavy atom. The van der Waals surface area contributed by atoms with Crippen molar-refractivity contribution in [1.29, 1.82) is 0 Å². The summed E-state index contributed by atoms with van der Waals surface area (Å²) >= 11 is 6.11. The molecule has 236 valence electrons. The molecule has 5 aromatic rings. The number of rotatable bonds is 10. The third-order valence-corrected chi connectivity index (χ3v) is 12.2. The van der Waals surface area contributed by atoms with E-state index in [1.165, 1.54) is 20.4 Å². The highest BCUT2D eigenvalue weighted by Gasteiger charge is 2.45. The Bertz CT molecular complexity index is 1810. The van der Waals surface area contributed by atoms with E-state index >= 15 is 0 Å². The van der Waals surface area contributed by atoms with Crippen LogP contribution in [0.1, 0.15) is 15.9 Å². The number of amides is 1. The van der Waals surface area contributed by atoms with Crippen molar-refractivity contribution < 1.29 is 23.9 Å². The van der Waals surface area contributed by atoms with Gasteiger partial charge in [0.05, 0.1) is 25.7 Å². The predicted molar refractivity (Wildman–Crippen MR) is 190 cm³/mol. The van der Waals surface area contributed by atoms with Gasteiger partial charge in [-0.1, -0.05) is 133 Å². The summed E-state index contributed by atoms with van der Waals surface area (Å²) in [7, 11) is 2.47. The number of carbonyl (C=O) groups excluding carboxylic acids is 3. The van der Waals surface area contributed by atoms with E-state index in [0.29, 0.717) is 10.6 Å². The maximum atomic E-state index is 14.5. The molecule has 0 saturated carbocycles. The lowest BCUT2D eigenvalue weighted by atomic mass is 10.1.